The number of hydrogen-bond donors (Lipinski definition) is 1. The third kappa shape index (κ3) is 5.53. The first-order valence-corrected chi connectivity index (χ1v) is 8.23. The van der Waals surface area contributed by atoms with E-state index < -0.39 is 5.60 Å². The van der Waals surface area contributed by atoms with Crippen LogP contribution in [0.2, 0.25) is 0 Å². The van der Waals surface area contributed by atoms with Gasteiger partial charge in [0.05, 0.1) is 6.21 Å². The Hall–Kier alpha value is -2.08. The van der Waals surface area contributed by atoms with Crippen LogP contribution in [0.4, 0.5) is 4.79 Å². The van der Waals surface area contributed by atoms with E-state index >= 15 is 0 Å². The van der Waals surface area contributed by atoms with Crippen molar-refractivity contribution in [2.24, 2.45) is 5.16 Å². The Bertz CT molecular complexity index is 557. The van der Waals surface area contributed by atoms with Crippen molar-refractivity contribution in [1.29, 1.82) is 0 Å². The number of rotatable bonds is 4. The van der Waals surface area contributed by atoms with Crippen molar-refractivity contribution < 1.29 is 19.5 Å². The molecular weight excluding hydrogens is 308 g/mol. The van der Waals surface area contributed by atoms with Crippen LogP contribution in [0.3, 0.4) is 0 Å². The highest BCUT2D eigenvalue weighted by Gasteiger charge is 2.29. The maximum atomic E-state index is 12.6. The summed E-state index contributed by atoms with van der Waals surface area (Å²) in [4.78, 5) is 14.4. The van der Waals surface area contributed by atoms with Crippen LogP contribution in [-0.4, -0.2) is 47.3 Å². The Morgan fingerprint density at radius 1 is 1.33 bits per heavy atom. The van der Waals surface area contributed by atoms with Gasteiger partial charge in [0.25, 0.3) is 0 Å². The lowest BCUT2D eigenvalue weighted by Crippen LogP contribution is -2.45. The first-order valence-electron chi connectivity index (χ1n) is 8.23. The van der Waals surface area contributed by atoms with Crippen LogP contribution in [0.25, 0.3) is 0 Å². The maximum absolute atomic E-state index is 12.6. The van der Waals surface area contributed by atoms with Crippen LogP contribution < -0.4 is 0 Å². The third-order valence-electron chi connectivity index (χ3n) is 3.80. The minimum atomic E-state index is -0.526. The van der Waals surface area contributed by atoms with Crippen LogP contribution in [-0.2, 0) is 16.0 Å². The molecule has 2 rings (SSSR count). The lowest BCUT2D eigenvalue weighted by Gasteiger charge is -2.35. The smallest absolute Gasteiger partial charge is 0.410 e. The van der Waals surface area contributed by atoms with E-state index in [0.717, 1.165) is 24.0 Å². The summed E-state index contributed by atoms with van der Waals surface area (Å²) in [6.45, 7) is 7.42. The van der Waals surface area contributed by atoms with Gasteiger partial charge in [0, 0.05) is 25.8 Å². The number of oxime groups is 1. The Morgan fingerprint density at radius 2 is 1.96 bits per heavy atom. The van der Waals surface area contributed by atoms with E-state index in [9.17, 15) is 4.79 Å². The number of carbonyl (C=O) groups is 1. The Morgan fingerprint density at radius 3 is 2.50 bits per heavy atom. The van der Waals surface area contributed by atoms with E-state index in [2.05, 4.69) is 5.16 Å². The quantitative estimate of drug-likeness (QED) is 0.520. The lowest BCUT2D eigenvalue weighted by molar-refractivity contribution is -0.00808. The van der Waals surface area contributed by atoms with Crippen molar-refractivity contribution >= 4 is 12.3 Å². The number of hydrogen-bond acceptors (Lipinski definition) is 5. The second-order valence-corrected chi connectivity index (χ2v) is 6.94. The fourth-order valence-electron chi connectivity index (χ4n) is 2.63. The number of carbonyl (C=O) groups excluding carboxylic acids is 1. The normalized spacial score (nSPS) is 16.3. The number of nitrogens with zero attached hydrogens (tertiary/aromatic N) is 2. The zero-order valence-corrected chi connectivity index (χ0v) is 14.6. The van der Waals surface area contributed by atoms with Gasteiger partial charge in [-0.15, -0.1) is 0 Å². The topological polar surface area (TPSA) is 71.4 Å². The zero-order chi connectivity index (χ0) is 17.6. The van der Waals surface area contributed by atoms with E-state index in [-0.39, 0.29) is 12.1 Å². The molecule has 132 valence electrons. The highest BCUT2D eigenvalue weighted by atomic mass is 16.6. The van der Waals surface area contributed by atoms with Gasteiger partial charge in [0.15, 0.2) is 0 Å². The highest BCUT2D eigenvalue weighted by molar-refractivity contribution is 5.79. The van der Waals surface area contributed by atoms with Gasteiger partial charge in [-0.3, -0.25) is 0 Å². The molecule has 0 aromatic heterocycles. The third-order valence-corrected chi connectivity index (χ3v) is 3.80. The van der Waals surface area contributed by atoms with Crippen molar-refractivity contribution in [3.8, 4) is 0 Å². The average Bonchev–Trinajstić information content (AvgIpc) is 2.53. The second-order valence-electron chi connectivity index (χ2n) is 6.94. The van der Waals surface area contributed by atoms with Gasteiger partial charge in [-0.1, -0.05) is 29.4 Å². The molecule has 1 N–H and O–H groups in total. The van der Waals surface area contributed by atoms with Crippen molar-refractivity contribution in [3.63, 3.8) is 0 Å². The zero-order valence-electron chi connectivity index (χ0n) is 14.6. The van der Waals surface area contributed by atoms with E-state index in [4.69, 9.17) is 14.7 Å². The molecule has 1 aliphatic rings. The highest BCUT2D eigenvalue weighted by Crippen LogP contribution is 2.21. The van der Waals surface area contributed by atoms with E-state index in [1.54, 1.807) is 4.90 Å². The van der Waals surface area contributed by atoms with Gasteiger partial charge in [0.2, 0.25) is 0 Å². The summed E-state index contributed by atoms with van der Waals surface area (Å²) in [5.74, 6) is 0. The number of benzene rings is 1. The molecule has 1 heterocycles. The Labute approximate surface area is 143 Å². The molecule has 0 atom stereocenters. The molecule has 6 nitrogen and oxygen atoms in total. The van der Waals surface area contributed by atoms with Crippen LogP contribution in [0.15, 0.2) is 29.4 Å². The molecule has 24 heavy (non-hydrogen) atoms. The summed E-state index contributed by atoms with van der Waals surface area (Å²) in [5, 5.41) is 11.6. The molecule has 0 radical (unpaired) electrons. The molecule has 0 aliphatic carbocycles. The molecule has 6 heteroatoms. The maximum Gasteiger partial charge on any atom is 0.410 e. The molecule has 1 aromatic carbocycles. The molecule has 0 bridgehead atoms. The summed E-state index contributed by atoms with van der Waals surface area (Å²) in [6.07, 6.45) is 2.70. The lowest BCUT2D eigenvalue weighted by atomic mass is 10.1. The number of amides is 1. The largest absolute Gasteiger partial charge is 0.444 e. The van der Waals surface area contributed by atoms with E-state index in [1.165, 1.54) is 6.21 Å². The van der Waals surface area contributed by atoms with Crippen LogP contribution in [0.5, 0.6) is 0 Å². The summed E-state index contributed by atoms with van der Waals surface area (Å²) < 4.78 is 11.0. The first kappa shape index (κ1) is 18.3. The predicted octanol–water partition coefficient (Wildman–Crippen LogP) is 3.41. The molecule has 1 saturated heterocycles. The van der Waals surface area contributed by atoms with E-state index in [1.807, 2.05) is 45.0 Å². The van der Waals surface area contributed by atoms with Crippen molar-refractivity contribution in [1.82, 2.24) is 4.90 Å². The molecule has 1 amide bonds. The van der Waals surface area contributed by atoms with Gasteiger partial charge in [0.1, 0.15) is 5.60 Å². The molecule has 1 aliphatic heterocycles. The summed E-state index contributed by atoms with van der Waals surface area (Å²) in [5.41, 5.74) is 1.28. The van der Waals surface area contributed by atoms with Crippen LogP contribution >= 0.6 is 0 Å². The van der Waals surface area contributed by atoms with Crippen LogP contribution in [0.1, 0.15) is 44.7 Å². The predicted molar refractivity (Wildman–Crippen MR) is 91.4 cm³/mol. The van der Waals surface area contributed by atoms with Crippen molar-refractivity contribution in [2.45, 2.75) is 51.8 Å². The second kappa shape index (κ2) is 8.15. The molecule has 1 fully saturated rings. The fraction of sp³-hybridized carbons (Fsp3) is 0.556. The molecule has 0 unspecified atom stereocenters. The SMILES string of the molecule is CC(C)(C)OC(=O)N(Cc1ccc(C=NO)cc1)C1CCOCC1. The van der Waals surface area contributed by atoms with Gasteiger partial charge in [-0.25, -0.2) is 4.79 Å². The monoisotopic (exact) mass is 334 g/mol. The first-order chi connectivity index (χ1) is 11.4. The van der Waals surface area contributed by atoms with Gasteiger partial charge < -0.3 is 19.6 Å². The van der Waals surface area contributed by atoms with E-state index in [0.29, 0.717) is 19.8 Å². The summed E-state index contributed by atoms with van der Waals surface area (Å²) in [7, 11) is 0. The minimum Gasteiger partial charge on any atom is -0.444 e. The Kier molecular flexibility index (Phi) is 6.20. The molecule has 0 spiro atoms. The fourth-order valence-corrected chi connectivity index (χ4v) is 2.63. The van der Waals surface area contributed by atoms with Crippen LogP contribution in [0, 0.1) is 0 Å². The molecular formula is C18H26N2O4. The standard InChI is InChI=1S/C18H26N2O4/c1-18(2,3)24-17(21)20(16-8-10-23-11-9-16)13-15-6-4-14(5-7-15)12-19-22/h4-7,12,16,22H,8-11,13H2,1-3H3. The molecule has 0 saturated carbocycles. The van der Waals surface area contributed by atoms with Crippen molar-refractivity contribution in [3.05, 3.63) is 35.4 Å². The molecule has 1 aromatic rings. The summed E-state index contributed by atoms with van der Waals surface area (Å²) >= 11 is 0. The average molecular weight is 334 g/mol. The minimum absolute atomic E-state index is 0.118. The Balaban J connectivity index is 2.13. The summed E-state index contributed by atoms with van der Waals surface area (Å²) in [6, 6.07) is 7.67. The van der Waals surface area contributed by atoms with Gasteiger partial charge in [-0.2, -0.15) is 0 Å². The number of ether oxygens (including phenoxy) is 2. The van der Waals surface area contributed by atoms with Gasteiger partial charge >= 0.3 is 6.09 Å². The van der Waals surface area contributed by atoms with Crippen molar-refractivity contribution in [2.75, 3.05) is 13.2 Å². The van der Waals surface area contributed by atoms with Gasteiger partial charge in [-0.05, 0) is 44.7 Å².